The first-order valence-corrected chi connectivity index (χ1v) is 14.0. The molecule has 1 aromatic heterocycles. The van der Waals surface area contributed by atoms with Crippen molar-refractivity contribution in [3.05, 3.63) is 89.3 Å². The molecular formula is C29H33ClN2O5S. The lowest BCUT2D eigenvalue weighted by molar-refractivity contribution is -0.132. The fourth-order valence-electron chi connectivity index (χ4n) is 3.73. The number of Topliss-reactive ketones (excluding diaryl/α,β-unsaturated/α-hetero) is 1. The van der Waals surface area contributed by atoms with E-state index in [1.54, 1.807) is 36.6 Å². The summed E-state index contributed by atoms with van der Waals surface area (Å²) in [5.41, 5.74) is 0.933. The van der Waals surface area contributed by atoms with E-state index < -0.39 is 23.9 Å². The first-order valence-electron chi connectivity index (χ1n) is 12.4. The van der Waals surface area contributed by atoms with Crippen molar-refractivity contribution in [3.63, 3.8) is 0 Å². The van der Waals surface area contributed by atoms with Crippen molar-refractivity contribution in [2.45, 2.75) is 44.5 Å². The Morgan fingerprint density at radius 3 is 2.34 bits per heavy atom. The number of carbonyl (C=O) groups excluding carboxylic acids is 3. The highest BCUT2D eigenvalue weighted by Crippen LogP contribution is 2.16. The van der Waals surface area contributed by atoms with Crippen LogP contribution >= 0.6 is 23.4 Å². The fourth-order valence-corrected chi connectivity index (χ4v) is 4.73. The second-order valence-electron chi connectivity index (χ2n) is 9.28. The molecule has 2 amide bonds. The number of rotatable bonds is 15. The zero-order chi connectivity index (χ0) is 27.3. The Balaban J connectivity index is 1.63. The lowest BCUT2D eigenvalue weighted by Crippen LogP contribution is -2.53. The van der Waals surface area contributed by atoms with Gasteiger partial charge in [-0.05, 0) is 60.7 Å². The van der Waals surface area contributed by atoms with Crippen molar-refractivity contribution in [2.75, 3.05) is 12.4 Å². The summed E-state index contributed by atoms with van der Waals surface area (Å²) in [6, 6.07) is 18.3. The van der Waals surface area contributed by atoms with Crippen LogP contribution in [-0.2, 0) is 26.6 Å². The summed E-state index contributed by atoms with van der Waals surface area (Å²) >= 11 is 7.31. The molecule has 0 saturated heterocycles. The summed E-state index contributed by atoms with van der Waals surface area (Å²) in [7, 11) is 0. The topological polar surface area (TPSA) is 97.6 Å². The number of nitrogens with one attached hydrogen (secondary N) is 2. The highest BCUT2D eigenvalue weighted by molar-refractivity contribution is 7.99. The van der Waals surface area contributed by atoms with Gasteiger partial charge in [0.05, 0.1) is 23.8 Å². The molecule has 0 spiro atoms. The van der Waals surface area contributed by atoms with Gasteiger partial charge in [0.15, 0.2) is 12.4 Å². The molecule has 202 valence electrons. The first-order chi connectivity index (χ1) is 18.3. The monoisotopic (exact) mass is 556 g/mol. The third kappa shape index (κ3) is 10.3. The van der Waals surface area contributed by atoms with Crippen LogP contribution in [-0.4, -0.2) is 42.0 Å². The highest BCUT2D eigenvalue weighted by atomic mass is 35.5. The molecule has 0 fully saturated rings. The largest absolute Gasteiger partial charge is 0.484 e. The smallest absolute Gasteiger partial charge is 0.258 e. The van der Waals surface area contributed by atoms with Crippen LogP contribution in [0.4, 0.5) is 0 Å². The lowest BCUT2D eigenvalue weighted by Gasteiger charge is -2.24. The van der Waals surface area contributed by atoms with Crippen molar-refractivity contribution in [2.24, 2.45) is 5.92 Å². The quantitative estimate of drug-likeness (QED) is 0.271. The van der Waals surface area contributed by atoms with E-state index in [-0.39, 0.29) is 24.1 Å². The molecule has 0 bridgehead atoms. The average molecular weight is 557 g/mol. The van der Waals surface area contributed by atoms with E-state index in [0.717, 1.165) is 11.3 Å². The van der Waals surface area contributed by atoms with Gasteiger partial charge in [-0.1, -0.05) is 55.8 Å². The molecule has 0 saturated carbocycles. The maximum atomic E-state index is 13.3. The van der Waals surface area contributed by atoms with Gasteiger partial charge in [0.2, 0.25) is 5.91 Å². The van der Waals surface area contributed by atoms with Crippen LogP contribution in [0.15, 0.2) is 77.4 Å². The number of halogens is 1. The lowest BCUT2D eigenvalue weighted by atomic mass is 10.00. The molecule has 3 aromatic rings. The second kappa shape index (κ2) is 15.2. The minimum absolute atomic E-state index is 0.0977. The number of amides is 2. The molecule has 0 aliphatic heterocycles. The maximum Gasteiger partial charge on any atom is 0.258 e. The molecule has 0 aliphatic rings. The van der Waals surface area contributed by atoms with Gasteiger partial charge in [-0.25, -0.2) is 0 Å². The fraction of sp³-hybridized carbons (Fsp3) is 0.345. The van der Waals surface area contributed by atoms with Gasteiger partial charge in [0.25, 0.3) is 5.91 Å². The third-order valence-electron chi connectivity index (χ3n) is 5.60. The number of ketones is 1. The summed E-state index contributed by atoms with van der Waals surface area (Å²) in [6.45, 7) is 3.68. The Morgan fingerprint density at radius 2 is 1.68 bits per heavy atom. The zero-order valence-corrected chi connectivity index (χ0v) is 23.1. The molecule has 3 rings (SSSR count). The van der Waals surface area contributed by atoms with Crippen molar-refractivity contribution in [1.29, 1.82) is 0 Å². The molecule has 0 radical (unpaired) electrons. The van der Waals surface area contributed by atoms with E-state index in [9.17, 15) is 14.4 Å². The third-order valence-corrected chi connectivity index (χ3v) is 6.83. The molecule has 38 heavy (non-hydrogen) atoms. The summed E-state index contributed by atoms with van der Waals surface area (Å²) in [5, 5.41) is 6.24. The molecular weight excluding hydrogens is 524 g/mol. The van der Waals surface area contributed by atoms with E-state index in [0.29, 0.717) is 29.4 Å². The van der Waals surface area contributed by atoms with Crippen molar-refractivity contribution in [3.8, 4) is 5.75 Å². The predicted molar refractivity (Wildman–Crippen MR) is 150 cm³/mol. The number of furan rings is 1. The number of benzene rings is 2. The van der Waals surface area contributed by atoms with Crippen molar-refractivity contribution >= 4 is 41.0 Å². The summed E-state index contributed by atoms with van der Waals surface area (Å²) in [6.07, 6.45) is 2.37. The Bertz CT molecular complexity index is 1150. The summed E-state index contributed by atoms with van der Waals surface area (Å²) < 4.78 is 10.9. The molecule has 2 N–H and O–H groups in total. The standard InChI is InChI=1S/C29H33ClN2O5S/c1-20(2)15-26(31-28(34)17-37-23-12-10-22(30)11-13-23)29(35)32-25(16-21-7-4-3-5-8-21)27(33)19-38-18-24-9-6-14-36-24/h3-14,20,25-26H,15-19H2,1-2H3,(H,31,34)(H,32,35). The molecule has 2 atom stereocenters. The van der Waals surface area contributed by atoms with Gasteiger partial charge in [-0.15, -0.1) is 11.8 Å². The number of thioether (sulfide) groups is 1. The van der Waals surface area contributed by atoms with Crippen LogP contribution in [0.25, 0.3) is 0 Å². The molecule has 0 aliphatic carbocycles. The number of hydrogen-bond acceptors (Lipinski definition) is 6. The van der Waals surface area contributed by atoms with E-state index in [4.69, 9.17) is 20.8 Å². The average Bonchev–Trinajstić information content (AvgIpc) is 3.41. The Hall–Kier alpha value is -3.23. The molecule has 7 nitrogen and oxygen atoms in total. The molecule has 1 heterocycles. The first kappa shape index (κ1) is 29.3. The van der Waals surface area contributed by atoms with E-state index in [2.05, 4.69) is 10.6 Å². The van der Waals surface area contributed by atoms with Gasteiger partial charge in [-0.3, -0.25) is 14.4 Å². The maximum absolute atomic E-state index is 13.3. The molecule has 2 unspecified atom stereocenters. The van der Waals surface area contributed by atoms with Gasteiger partial charge in [0.1, 0.15) is 17.6 Å². The minimum Gasteiger partial charge on any atom is -0.484 e. The van der Waals surface area contributed by atoms with Crippen molar-refractivity contribution < 1.29 is 23.5 Å². The second-order valence-corrected chi connectivity index (χ2v) is 10.7. The predicted octanol–water partition coefficient (Wildman–Crippen LogP) is 5.07. The van der Waals surface area contributed by atoms with E-state index in [1.165, 1.54) is 11.8 Å². The van der Waals surface area contributed by atoms with Gasteiger partial charge in [-0.2, -0.15) is 0 Å². The van der Waals surface area contributed by atoms with Crippen LogP contribution in [0, 0.1) is 5.92 Å². The molecule has 2 aromatic carbocycles. The number of carbonyl (C=O) groups is 3. The van der Waals surface area contributed by atoms with Crippen LogP contribution in [0.5, 0.6) is 5.75 Å². The van der Waals surface area contributed by atoms with Crippen LogP contribution in [0.1, 0.15) is 31.6 Å². The van der Waals surface area contributed by atoms with Gasteiger partial charge < -0.3 is 19.8 Å². The minimum atomic E-state index is -0.807. The number of hydrogen-bond donors (Lipinski definition) is 2. The number of ether oxygens (including phenoxy) is 1. The Kier molecular flexibility index (Phi) is 11.8. The van der Waals surface area contributed by atoms with Crippen LogP contribution in [0.2, 0.25) is 5.02 Å². The summed E-state index contributed by atoms with van der Waals surface area (Å²) in [4.78, 5) is 39.1. The summed E-state index contributed by atoms with van der Waals surface area (Å²) in [5.74, 6) is 1.26. The van der Waals surface area contributed by atoms with Crippen LogP contribution in [0.3, 0.4) is 0 Å². The van der Waals surface area contributed by atoms with Gasteiger partial charge >= 0.3 is 0 Å². The van der Waals surface area contributed by atoms with E-state index >= 15 is 0 Å². The molecule has 9 heteroatoms. The van der Waals surface area contributed by atoms with Crippen LogP contribution < -0.4 is 15.4 Å². The zero-order valence-electron chi connectivity index (χ0n) is 21.5. The Morgan fingerprint density at radius 1 is 0.947 bits per heavy atom. The normalized spacial score (nSPS) is 12.5. The van der Waals surface area contributed by atoms with Crippen molar-refractivity contribution in [1.82, 2.24) is 10.6 Å². The van der Waals surface area contributed by atoms with Gasteiger partial charge in [0, 0.05) is 5.02 Å². The Labute approximate surface area is 232 Å². The highest BCUT2D eigenvalue weighted by Gasteiger charge is 2.27. The van der Waals surface area contributed by atoms with E-state index in [1.807, 2.05) is 50.2 Å². The SMILES string of the molecule is CC(C)CC(NC(=O)COc1ccc(Cl)cc1)C(=O)NC(Cc1ccccc1)C(=O)CSCc1ccco1.